The Bertz CT molecular complexity index is 1330. The fourth-order valence-corrected chi connectivity index (χ4v) is 4.12. The highest BCUT2D eigenvalue weighted by atomic mass is 32.2. The largest absolute Gasteiger partial charge is 0.744 e. The standard InChI is InChI=1S/C27H26N2O3S/c1-20-4-8-22(9-5-20)28(3)23-12-14-25(15-13-23)29(24-10-6-21(2)7-11-24)26-16-18-27(19-17-26)33(30,31)32/h4-19H,1-3H3,(H,30,31,32)/p-1. The van der Waals surface area contributed by atoms with Gasteiger partial charge in [-0.15, -0.1) is 0 Å². The molecule has 0 aromatic heterocycles. The van der Waals surface area contributed by atoms with Crippen molar-refractivity contribution in [2.45, 2.75) is 18.7 Å². The lowest BCUT2D eigenvalue weighted by Gasteiger charge is -2.27. The van der Waals surface area contributed by atoms with E-state index in [-0.39, 0.29) is 4.90 Å². The first-order valence-electron chi connectivity index (χ1n) is 10.6. The average Bonchev–Trinajstić information content (AvgIpc) is 2.81. The second-order valence-corrected chi connectivity index (χ2v) is 9.41. The van der Waals surface area contributed by atoms with Crippen LogP contribution < -0.4 is 9.80 Å². The molecule has 168 valence electrons. The summed E-state index contributed by atoms with van der Waals surface area (Å²) in [6, 6.07) is 30.6. The van der Waals surface area contributed by atoms with Crippen LogP contribution in [-0.4, -0.2) is 20.0 Å². The molecule has 0 bridgehead atoms. The lowest BCUT2D eigenvalue weighted by atomic mass is 10.1. The van der Waals surface area contributed by atoms with Gasteiger partial charge in [-0.3, -0.25) is 0 Å². The maximum atomic E-state index is 11.4. The van der Waals surface area contributed by atoms with Crippen molar-refractivity contribution >= 4 is 38.6 Å². The van der Waals surface area contributed by atoms with E-state index in [0.29, 0.717) is 0 Å². The minimum absolute atomic E-state index is 0.245. The number of anilines is 5. The highest BCUT2D eigenvalue weighted by Gasteiger charge is 2.14. The summed E-state index contributed by atoms with van der Waals surface area (Å²) in [6.45, 7) is 4.09. The number of aryl methyl sites for hydroxylation is 2. The summed E-state index contributed by atoms with van der Waals surface area (Å²) in [7, 11) is -2.47. The summed E-state index contributed by atoms with van der Waals surface area (Å²) in [5.74, 6) is 0. The van der Waals surface area contributed by atoms with E-state index in [4.69, 9.17) is 0 Å². The summed E-state index contributed by atoms with van der Waals surface area (Å²) in [5, 5.41) is 0. The van der Waals surface area contributed by atoms with Crippen LogP contribution in [0.2, 0.25) is 0 Å². The first kappa shape index (κ1) is 22.6. The molecule has 0 atom stereocenters. The molecule has 6 heteroatoms. The molecule has 0 fully saturated rings. The minimum atomic E-state index is -4.50. The third-order valence-corrected chi connectivity index (χ3v) is 6.44. The van der Waals surface area contributed by atoms with Crippen LogP contribution in [0.5, 0.6) is 0 Å². The van der Waals surface area contributed by atoms with E-state index in [9.17, 15) is 13.0 Å². The Kier molecular flexibility index (Phi) is 6.22. The Morgan fingerprint density at radius 1 is 0.545 bits per heavy atom. The molecule has 4 aromatic carbocycles. The molecule has 4 rings (SSSR count). The smallest absolute Gasteiger partial charge is 0.124 e. The van der Waals surface area contributed by atoms with Crippen molar-refractivity contribution in [3.05, 3.63) is 108 Å². The predicted octanol–water partition coefficient (Wildman–Crippen LogP) is 6.45. The third-order valence-electron chi connectivity index (χ3n) is 5.59. The van der Waals surface area contributed by atoms with E-state index < -0.39 is 10.1 Å². The molecule has 5 nitrogen and oxygen atoms in total. The number of hydrogen-bond acceptors (Lipinski definition) is 5. The molecule has 0 aliphatic carbocycles. The molecular formula is C27H25N2O3S-. The van der Waals surface area contributed by atoms with Gasteiger partial charge in [-0.25, -0.2) is 8.42 Å². The van der Waals surface area contributed by atoms with Crippen LogP contribution in [0.1, 0.15) is 11.1 Å². The summed E-state index contributed by atoms with van der Waals surface area (Å²) in [4.78, 5) is 3.90. The molecule has 0 heterocycles. The van der Waals surface area contributed by atoms with Gasteiger partial charge in [0.1, 0.15) is 10.1 Å². The van der Waals surface area contributed by atoms with Gasteiger partial charge in [-0.05, 0) is 86.6 Å². The van der Waals surface area contributed by atoms with Crippen molar-refractivity contribution in [2.24, 2.45) is 0 Å². The fourth-order valence-electron chi connectivity index (χ4n) is 3.65. The van der Waals surface area contributed by atoms with E-state index in [1.807, 2.05) is 67.4 Å². The molecule has 0 amide bonds. The van der Waals surface area contributed by atoms with Crippen molar-refractivity contribution in [3.8, 4) is 0 Å². The van der Waals surface area contributed by atoms with Gasteiger partial charge in [0.15, 0.2) is 0 Å². The maximum absolute atomic E-state index is 11.4. The third kappa shape index (κ3) is 5.08. The van der Waals surface area contributed by atoms with E-state index in [1.165, 1.54) is 17.7 Å². The molecular weight excluding hydrogens is 432 g/mol. The Balaban J connectivity index is 1.71. The van der Waals surface area contributed by atoms with E-state index >= 15 is 0 Å². The molecule has 0 radical (unpaired) electrons. The first-order valence-corrected chi connectivity index (χ1v) is 12.0. The zero-order chi connectivity index (χ0) is 23.6. The van der Waals surface area contributed by atoms with Crippen LogP contribution in [0.25, 0.3) is 0 Å². The number of rotatable bonds is 6. The topological polar surface area (TPSA) is 63.7 Å². The number of hydrogen-bond donors (Lipinski definition) is 0. The van der Waals surface area contributed by atoms with Gasteiger partial charge in [0.25, 0.3) is 0 Å². The molecule has 0 N–H and O–H groups in total. The van der Waals surface area contributed by atoms with Crippen LogP contribution in [0.4, 0.5) is 28.4 Å². The van der Waals surface area contributed by atoms with Crippen LogP contribution in [0, 0.1) is 13.8 Å². The van der Waals surface area contributed by atoms with Gasteiger partial charge in [-0.2, -0.15) is 0 Å². The SMILES string of the molecule is Cc1ccc(N(C)c2ccc(N(c3ccc(C)cc3)c3ccc(S(=O)(=O)[O-])cc3)cc2)cc1. The van der Waals surface area contributed by atoms with Crippen LogP contribution in [0.15, 0.2) is 102 Å². The molecule has 0 aliphatic heterocycles. The zero-order valence-corrected chi connectivity index (χ0v) is 19.6. The van der Waals surface area contributed by atoms with Crippen molar-refractivity contribution < 1.29 is 13.0 Å². The Morgan fingerprint density at radius 3 is 1.24 bits per heavy atom. The van der Waals surface area contributed by atoms with Crippen molar-refractivity contribution in [2.75, 3.05) is 16.8 Å². The molecule has 0 saturated carbocycles. The van der Waals surface area contributed by atoms with Crippen LogP contribution >= 0.6 is 0 Å². The summed E-state index contributed by atoms with van der Waals surface area (Å²) >= 11 is 0. The summed E-state index contributed by atoms with van der Waals surface area (Å²) in [6.07, 6.45) is 0. The van der Waals surface area contributed by atoms with Gasteiger partial charge in [-0.1, -0.05) is 35.4 Å². The summed E-state index contributed by atoms with van der Waals surface area (Å²) in [5.41, 5.74) is 7.09. The minimum Gasteiger partial charge on any atom is -0.744 e. The van der Waals surface area contributed by atoms with E-state index in [1.54, 1.807) is 12.1 Å². The zero-order valence-electron chi connectivity index (χ0n) is 18.8. The fraction of sp³-hybridized carbons (Fsp3) is 0.111. The highest BCUT2D eigenvalue weighted by molar-refractivity contribution is 7.85. The normalized spacial score (nSPS) is 11.3. The van der Waals surface area contributed by atoms with Crippen molar-refractivity contribution in [3.63, 3.8) is 0 Å². The Labute approximate surface area is 195 Å². The second kappa shape index (κ2) is 9.10. The number of benzene rings is 4. The Hall–Kier alpha value is -3.61. The van der Waals surface area contributed by atoms with E-state index in [0.717, 1.165) is 34.0 Å². The summed E-state index contributed by atoms with van der Waals surface area (Å²) < 4.78 is 34.1. The van der Waals surface area contributed by atoms with Crippen LogP contribution in [0.3, 0.4) is 0 Å². The van der Waals surface area contributed by atoms with Gasteiger partial charge in [0.2, 0.25) is 0 Å². The first-order chi connectivity index (χ1) is 15.7. The molecule has 33 heavy (non-hydrogen) atoms. The van der Waals surface area contributed by atoms with Crippen molar-refractivity contribution in [1.82, 2.24) is 0 Å². The average molecular weight is 458 g/mol. The van der Waals surface area contributed by atoms with Gasteiger partial charge in [0, 0.05) is 35.5 Å². The molecule has 0 saturated heterocycles. The highest BCUT2D eigenvalue weighted by Crippen LogP contribution is 2.36. The second-order valence-electron chi connectivity index (χ2n) is 8.03. The Morgan fingerprint density at radius 2 is 0.848 bits per heavy atom. The monoisotopic (exact) mass is 457 g/mol. The quantitative estimate of drug-likeness (QED) is 0.312. The van der Waals surface area contributed by atoms with Gasteiger partial charge >= 0.3 is 0 Å². The predicted molar refractivity (Wildman–Crippen MR) is 133 cm³/mol. The molecule has 4 aromatic rings. The van der Waals surface area contributed by atoms with Crippen LogP contribution in [-0.2, 0) is 10.1 Å². The molecule has 0 spiro atoms. The lowest BCUT2D eigenvalue weighted by Crippen LogP contribution is -2.12. The van der Waals surface area contributed by atoms with E-state index in [2.05, 4.69) is 36.1 Å². The molecule has 0 aliphatic rings. The van der Waals surface area contributed by atoms with Gasteiger partial charge in [0.05, 0.1) is 4.90 Å². The molecule has 0 unspecified atom stereocenters. The maximum Gasteiger partial charge on any atom is 0.124 e. The number of nitrogens with zero attached hydrogens (tertiary/aromatic N) is 2. The van der Waals surface area contributed by atoms with Gasteiger partial charge < -0.3 is 14.4 Å². The van der Waals surface area contributed by atoms with Crippen molar-refractivity contribution in [1.29, 1.82) is 0 Å². The lowest BCUT2D eigenvalue weighted by molar-refractivity contribution is 0.463.